The van der Waals surface area contributed by atoms with Gasteiger partial charge in [0.15, 0.2) is 0 Å². The monoisotopic (exact) mass is 396 g/mol. The summed E-state index contributed by atoms with van der Waals surface area (Å²) in [6, 6.07) is 8.67. The summed E-state index contributed by atoms with van der Waals surface area (Å²) >= 11 is 1.38. The fourth-order valence-electron chi connectivity index (χ4n) is 3.55. The van der Waals surface area contributed by atoms with Gasteiger partial charge in [0, 0.05) is 42.8 Å². The highest BCUT2D eigenvalue weighted by Crippen LogP contribution is 2.26. The standard InChI is InChI=1S/C21H21FN4OS/c1-14-11-16(22)4-5-18(14)26-10-2-3-17(13-26)25-20(27)19-12-24-21(28-19)15-6-8-23-9-7-15/h4-9,11-12,17H,2-3,10,13H2,1H3,(H,25,27). The number of pyridine rings is 1. The summed E-state index contributed by atoms with van der Waals surface area (Å²) in [7, 11) is 0. The van der Waals surface area contributed by atoms with Gasteiger partial charge in [-0.25, -0.2) is 9.37 Å². The maximum Gasteiger partial charge on any atom is 0.263 e. The van der Waals surface area contributed by atoms with E-state index in [-0.39, 0.29) is 17.8 Å². The van der Waals surface area contributed by atoms with E-state index < -0.39 is 0 Å². The molecule has 0 radical (unpaired) electrons. The number of benzene rings is 1. The van der Waals surface area contributed by atoms with Crippen molar-refractivity contribution >= 4 is 22.9 Å². The number of hydrogen-bond acceptors (Lipinski definition) is 5. The van der Waals surface area contributed by atoms with Crippen LogP contribution in [0.15, 0.2) is 48.9 Å². The summed E-state index contributed by atoms with van der Waals surface area (Å²) < 4.78 is 13.4. The Morgan fingerprint density at radius 3 is 2.89 bits per heavy atom. The second-order valence-electron chi connectivity index (χ2n) is 6.95. The Kier molecular flexibility index (Phi) is 5.34. The number of nitrogens with one attached hydrogen (secondary N) is 1. The summed E-state index contributed by atoms with van der Waals surface area (Å²) in [5.74, 6) is -0.321. The van der Waals surface area contributed by atoms with E-state index in [0.29, 0.717) is 11.4 Å². The molecule has 28 heavy (non-hydrogen) atoms. The first-order chi connectivity index (χ1) is 13.6. The van der Waals surface area contributed by atoms with Crippen molar-refractivity contribution in [3.63, 3.8) is 0 Å². The predicted octanol–water partition coefficient (Wildman–Crippen LogP) is 4.05. The van der Waals surface area contributed by atoms with E-state index in [4.69, 9.17) is 0 Å². The molecule has 1 aliphatic rings. The first kappa shape index (κ1) is 18.6. The van der Waals surface area contributed by atoms with Crippen LogP contribution in [-0.2, 0) is 0 Å². The van der Waals surface area contributed by atoms with Gasteiger partial charge in [-0.3, -0.25) is 9.78 Å². The molecule has 1 atom stereocenters. The zero-order chi connectivity index (χ0) is 19.5. The Morgan fingerprint density at radius 2 is 2.11 bits per heavy atom. The smallest absolute Gasteiger partial charge is 0.263 e. The molecule has 4 rings (SSSR count). The van der Waals surface area contributed by atoms with Gasteiger partial charge in [-0.1, -0.05) is 0 Å². The molecule has 1 unspecified atom stereocenters. The molecule has 0 bridgehead atoms. The Bertz CT molecular complexity index is 976. The van der Waals surface area contributed by atoms with E-state index in [1.807, 2.05) is 25.1 Å². The topological polar surface area (TPSA) is 58.1 Å². The molecule has 1 aromatic carbocycles. The summed E-state index contributed by atoms with van der Waals surface area (Å²) in [5, 5.41) is 3.94. The van der Waals surface area contributed by atoms with E-state index >= 15 is 0 Å². The highest BCUT2D eigenvalue weighted by atomic mass is 32.1. The van der Waals surface area contributed by atoms with Crippen LogP contribution in [0.1, 0.15) is 28.1 Å². The van der Waals surface area contributed by atoms with Crippen LogP contribution in [-0.4, -0.2) is 35.0 Å². The fourth-order valence-corrected chi connectivity index (χ4v) is 4.38. The average Bonchev–Trinajstić information content (AvgIpc) is 3.19. The minimum Gasteiger partial charge on any atom is -0.369 e. The first-order valence-corrected chi connectivity index (χ1v) is 10.1. The number of aryl methyl sites for hydroxylation is 1. The maximum atomic E-state index is 13.4. The average molecular weight is 396 g/mol. The largest absolute Gasteiger partial charge is 0.369 e. The summed E-state index contributed by atoms with van der Waals surface area (Å²) in [6.45, 7) is 3.54. The number of piperidine rings is 1. The Morgan fingerprint density at radius 1 is 1.29 bits per heavy atom. The molecular weight excluding hydrogens is 375 g/mol. The number of rotatable bonds is 4. The van der Waals surface area contributed by atoms with Crippen LogP contribution in [0.25, 0.3) is 10.6 Å². The SMILES string of the molecule is Cc1cc(F)ccc1N1CCCC(NC(=O)c2cnc(-c3ccncc3)s2)C1. The molecule has 7 heteroatoms. The molecule has 3 heterocycles. The Hall–Kier alpha value is -2.80. The van der Waals surface area contributed by atoms with Gasteiger partial charge in [0.05, 0.1) is 6.20 Å². The number of halogens is 1. The molecule has 1 saturated heterocycles. The van der Waals surface area contributed by atoms with E-state index in [1.165, 1.54) is 17.4 Å². The van der Waals surface area contributed by atoms with Crippen LogP contribution in [0.5, 0.6) is 0 Å². The van der Waals surface area contributed by atoms with Gasteiger partial charge in [0.2, 0.25) is 0 Å². The van der Waals surface area contributed by atoms with Crippen LogP contribution in [0, 0.1) is 12.7 Å². The van der Waals surface area contributed by atoms with Crippen molar-refractivity contribution in [2.45, 2.75) is 25.8 Å². The van der Waals surface area contributed by atoms with E-state index in [0.717, 1.165) is 41.2 Å². The van der Waals surface area contributed by atoms with Gasteiger partial charge < -0.3 is 10.2 Å². The van der Waals surface area contributed by atoms with Crippen molar-refractivity contribution in [2.75, 3.05) is 18.0 Å². The van der Waals surface area contributed by atoms with Crippen molar-refractivity contribution in [1.82, 2.24) is 15.3 Å². The molecule has 2 aromatic heterocycles. The van der Waals surface area contributed by atoms with Crippen LogP contribution in [0.4, 0.5) is 10.1 Å². The molecule has 5 nitrogen and oxygen atoms in total. The highest BCUT2D eigenvalue weighted by Gasteiger charge is 2.24. The van der Waals surface area contributed by atoms with Crippen LogP contribution >= 0.6 is 11.3 Å². The Balaban J connectivity index is 1.42. The lowest BCUT2D eigenvalue weighted by Crippen LogP contribution is -2.47. The number of carbonyl (C=O) groups is 1. The molecule has 1 fully saturated rings. The van der Waals surface area contributed by atoms with Gasteiger partial charge in [-0.15, -0.1) is 11.3 Å². The molecule has 3 aromatic rings. The number of carbonyl (C=O) groups excluding carboxylic acids is 1. The van der Waals surface area contributed by atoms with Gasteiger partial charge in [0.25, 0.3) is 5.91 Å². The Labute approximate surface area is 167 Å². The van der Waals surface area contributed by atoms with Crippen molar-refractivity contribution in [2.24, 2.45) is 0 Å². The third-order valence-corrected chi connectivity index (χ3v) is 5.96. The molecule has 1 aliphatic heterocycles. The first-order valence-electron chi connectivity index (χ1n) is 9.28. The van der Waals surface area contributed by atoms with Crippen LogP contribution < -0.4 is 10.2 Å². The number of anilines is 1. The second-order valence-corrected chi connectivity index (χ2v) is 7.99. The van der Waals surface area contributed by atoms with Gasteiger partial charge in [0.1, 0.15) is 15.7 Å². The fraction of sp³-hybridized carbons (Fsp3) is 0.286. The van der Waals surface area contributed by atoms with Crippen molar-refractivity contribution in [3.05, 3.63) is 65.2 Å². The van der Waals surface area contributed by atoms with Gasteiger partial charge in [-0.2, -0.15) is 0 Å². The summed E-state index contributed by atoms with van der Waals surface area (Å²) in [5.41, 5.74) is 2.89. The predicted molar refractivity (Wildman–Crippen MR) is 109 cm³/mol. The maximum absolute atomic E-state index is 13.4. The van der Waals surface area contributed by atoms with Crippen LogP contribution in [0.3, 0.4) is 0 Å². The van der Waals surface area contributed by atoms with Gasteiger partial charge >= 0.3 is 0 Å². The number of aromatic nitrogens is 2. The summed E-state index contributed by atoms with van der Waals surface area (Å²) in [4.78, 5) is 23.9. The molecule has 1 amide bonds. The molecule has 144 valence electrons. The number of hydrogen-bond donors (Lipinski definition) is 1. The molecule has 0 aliphatic carbocycles. The second kappa shape index (κ2) is 8.06. The third kappa shape index (κ3) is 4.04. The summed E-state index contributed by atoms with van der Waals surface area (Å²) in [6.07, 6.45) is 6.96. The lowest BCUT2D eigenvalue weighted by molar-refractivity contribution is 0.0937. The third-order valence-electron chi connectivity index (χ3n) is 4.91. The van der Waals surface area contributed by atoms with E-state index in [1.54, 1.807) is 24.7 Å². The molecule has 0 saturated carbocycles. The number of thiazole rings is 1. The minimum atomic E-state index is -0.224. The highest BCUT2D eigenvalue weighted by molar-refractivity contribution is 7.16. The molecule has 0 spiro atoms. The van der Waals surface area contributed by atoms with E-state index in [2.05, 4.69) is 20.2 Å². The van der Waals surface area contributed by atoms with Crippen molar-refractivity contribution in [1.29, 1.82) is 0 Å². The van der Waals surface area contributed by atoms with Gasteiger partial charge in [-0.05, 0) is 55.7 Å². The molecular formula is C21H21FN4OS. The zero-order valence-corrected chi connectivity index (χ0v) is 16.4. The lowest BCUT2D eigenvalue weighted by atomic mass is 10.0. The normalized spacial score (nSPS) is 16.8. The van der Waals surface area contributed by atoms with Crippen LogP contribution in [0.2, 0.25) is 0 Å². The van der Waals surface area contributed by atoms with Crippen molar-refractivity contribution < 1.29 is 9.18 Å². The number of amides is 1. The quantitative estimate of drug-likeness (QED) is 0.723. The van der Waals surface area contributed by atoms with E-state index in [9.17, 15) is 9.18 Å². The molecule has 1 N–H and O–H groups in total. The minimum absolute atomic E-state index is 0.0529. The zero-order valence-electron chi connectivity index (χ0n) is 15.6. The number of nitrogens with zero attached hydrogens (tertiary/aromatic N) is 3. The lowest BCUT2D eigenvalue weighted by Gasteiger charge is -2.35. The van der Waals surface area contributed by atoms with Crippen molar-refractivity contribution in [3.8, 4) is 10.6 Å².